The van der Waals surface area contributed by atoms with Gasteiger partial charge in [-0.15, -0.1) is 0 Å². The fraction of sp³-hybridized carbons (Fsp3) is 0.348. The number of hydrogen-bond donors (Lipinski definition) is 1. The Morgan fingerprint density at radius 1 is 0.906 bits per heavy atom. The quantitative estimate of drug-likeness (QED) is 0.252. The highest BCUT2D eigenvalue weighted by molar-refractivity contribution is 7.44. The molecule has 0 aromatic heterocycles. The molecule has 9 heteroatoms. The number of unbranched alkanes of at least 4 members (excludes halogenated alkanes) is 1. The Balaban J connectivity index is 1.81. The number of nitriles is 1. The average Bonchev–Trinajstić information content (AvgIpc) is 2.83. The highest BCUT2D eigenvalue weighted by Gasteiger charge is 2.19. The van der Waals surface area contributed by atoms with Crippen molar-refractivity contribution < 1.29 is 28.1 Å². The van der Waals surface area contributed by atoms with Crippen LogP contribution in [0.3, 0.4) is 0 Å². The van der Waals surface area contributed by atoms with Crippen molar-refractivity contribution in [1.29, 1.82) is 5.26 Å². The van der Waals surface area contributed by atoms with E-state index in [0.29, 0.717) is 37.0 Å². The lowest BCUT2D eigenvalue weighted by Gasteiger charge is -2.18. The number of nitrogens with zero attached hydrogens (tertiary/aromatic N) is 1. The Morgan fingerprint density at radius 2 is 1.50 bits per heavy atom. The Morgan fingerprint density at radius 3 is 2.12 bits per heavy atom. The summed E-state index contributed by atoms with van der Waals surface area (Å²) in [5, 5.41) is 8.48. The summed E-state index contributed by atoms with van der Waals surface area (Å²) in [4.78, 5) is 24.7. The largest absolute Gasteiger partial charge is 0.458 e. The van der Waals surface area contributed by atoms with Crippen molar-refractivity contribution in [2.75, 3.05) is 19.8 Å². The van der Waals surface area contributed by atoms with Crippen LogP contribution in [0.1, 0.15) is 46.4 Å². The minimum Gasteiger partial charge on any atom is -0.458 e. The second kappa shape index (κ2) is 15.1. The van der Waals surface area contributed by atoms with E-state index in [9.17, 15) is 9.59 Å². The number of rotatable bonds is 14. The second-order valence-electron chi connectivity index (χ2n) is 6.71. The van der Waals surface area contributed by atoms with Gasteiger partial charge in [-0.05, 0) is 43.5 Å². The first-order valence-corrected chi connectivity index (χ1v) is 11.5. The van der Waals surface area contributed by atoms with Crippen molar-refractivity contribution >= 4 is 20.5 Å². The van der Waals surface area contributed by atoms with Gasteiger partial charge in [-0.2, -0.15) is 5.26 Å². The molecular weight excluding hydrogens is 431 g/mol. The van der Waals surface area contributed by atoms with E-state index >= 15 is 0 Å². The first-order valence-electron chi connectivity index (χ1n) is 10.3. The molecule has 2 rings (SSSR count). The average molecular weight is 458 g/mol. The summed E-state index contributed by atoms with van der Waals surface area (Å²) < 4.78 is 21.5. The second-order valence-corrected chi connectivity index (χ2v) is 7.80. The molecule has 0 fully saturated rings. The van der Waals surface area contributed by atoms with E-state index in [0.717, 1.165) is 0 Å². The van der Waals surface area contributed by atoms with Crippen molar-refractivity contribution in [2.45, 2.75) is 31.8 Å². The molecule has 2 unspecified atom stereocenters. The van der Waals surface area contributed by atoms with Crippen molar-refractivity contribution in [3.05, 3.63) is 71.8 Å². The van der Waals surface area contributed by atoms with Crippen LogP contribution in [-0.4, -0.2) is 37.9 Å². The van der Waals surface area contributed by atoms with Crippen LogP contribution in [0.4, 0.5) is 0 Å². The van der Waals surface area contributed by atoms with E-state index in [1.807, 2.05) is 18.2 Å². The molecule has 0 heterocycles. The van der Waals surface area contributed by atoms with Gasteiger partial charge in [0.2, 0.25) is 0 Å². The van der Waals surface area contributed by atoms with E-state index in [1.54, 1.807) is 48.5 Å². The van der Waals surface area contributed by atoms with Crippen LogP contribution in [0, 0.1) is 11.3 Å². The van der Waals surface area contributed by atoms with Gasteiger partial charge in [0.15, 0.2) is 0 Å². The highest BCUT2D eigenvalue weighted by Crippen LogP contribution is 2.28. The maximum Gasteiger partial charge on any atom is 0.338 e. The number of carbonyl (C=O) groups is 2. The van der Waals surface area contributed by atoms with E-state index in [2.05, 4.69) is 0 Å². The monoisotopic (exact) mass is 458 g/mol. The third kappa shape index (κ3) is 9.99. The van der Waals surface area contributed by atoms with Crippen molar-refractivity contribution in [1.82, 2.24) is 0 Å². The lowest BCUT2D eigenvalue weighted by Crippen LogP contribution is -2.25. The zero-order chi connectivity index (χ0) is 23.0. The van der Waals surface area contributed by atoms with Crippen LogP contribution >= 0.6 is 8.53 Å². The SMILES string of the molecule is N#CCCOP(N)OCCCCC(COC(=O)c1ccccc1)OC(=O)c1ccccc1. The minimum atomic E-state index is -1.52. The Kier molecular flexibility index (Phi) is 12.0. The van der Waals surface area contributed by atoms with E-state index in [-0.39, 0.29) is 19.6 Å². The number of ether oxygens (including phenoxy) is 2. The highest BCUT2D eigenvalue weighted by atomic mass is 31.2. The molecule has 0 aliphatic carbocycles. The summed E-state index contributed by atoms with van der Waals surface area (Å²) in [6.07, 6.45) is 1.47. The van der Waals surface area contributed by atoms with Gasteiger partial charge < -0.3 is 18.5 Å². The maximum atomic E-state index is 12.4. The van der Waals surface area contributed by atoms with E-state index in [4.69, 9.17) is 29.3 Å². The fourth-order valence-electron chi connectivity index (χ4n) is 2.64. The molecule has 0 spiro atoms. The van der Waals surface area contributed by atoms with Crippen LogP contribution in [0.2, 0.25) is 0 Å². The molecule has 2 N–H and O–H groups in total. The van der Waals surface area contributed by atoms with Crippen LogP contribution in [-0.2, 0) is 18.5 Å². The minimum absolute atomic E-state index is 0.0476. The van der Waals surface area contributed by atoms with Gasteiger partial charge >= 0.3 is 11.9 Å². The van der Waals surface area contributed by atoms with E-state index < -0.39 is 26.6 Å². The number of benzene rings is 2. The molecule has 0 bridgehead atoms. The van der Waals surface area contributed by atoms with Crippen LogP contribution in [0.15, 0.2) is 60.7 Å². The first-order chi connectivity index (χ1) is 15.6. The molecule has 8 nitrogen and oxygen atoms in total. The molecule has 0 aliphatic heterocycles. The molecule has 2 aromatic carbocycles. The van der Waals surface area contributed by atoms with Gasteiger partial charge in [-0.25, -0.2) is 9.59 Å². The van der Waals surface area contributed by atoms with Crippen LogP contribution < -0.4 is 5.50 Å². The normalized spacial score (nSPS) is 12.4. The lowest BCUT2D eigenvalue weighted by atomic mass is 10.1. The lowest BCUT2D eigenvalue weighted by molar-refractivity contribution is -0.00357. The summed E-state index contributed by atoms with van der Waals surface area (Å²) in [7, 11) is -1.52. The van der Waals surface area contributed by atoms with Gasteiger partial charge in [-0.3, -0.25) is 5.50 Å². The van der Waals surface area contributed by atoms with Crippen molar-refractivity contribution in [3.63, 3.8) is 0 Å². The topological polar surface area (TPSA) is 121 Å². The van der Waals surface area contributed by atoms with Crippen LogP contribution in [0.5, 0.6) is 0 Å². The summed E-state index contributed by atoms with van der Waals surface area (Å²) in [6.45, 7) is 0.564. The van der Waals surface area contributed by atoms with Gasteiger partial charge in [-0.1, -0.05) is 36.4 Å². The summed E-state index contributed by atoms with van der Waals surface area (Å²) in [5.74, 6) is -0.947. The molecule has 0 saturated heterocycles. The zero-order valence-electron chi connectivity index (χ0n) is 17.7. The van der Waals surface area contributed by atoms with Gasteiger partial charge in [0.1, 0.15) is 12.7 Å². The summed E-state index contributed by atoms with van der Waals surface area (Å²) in [5.41, 5.74) is 6.57. The third-order valence-corrected chi connectivity index (χ3v) is 5.14. The van der Waals surface area contributed by atoms with Crippen molar-refractivity contribution in [2.24, 2.45) is 5.50 Å². The van der Waals surface area contributed by atoms with Gasteiger partial charge in [0.25, 0.3) is 8.53 Å². The predicted octanol–water partition coefficient (Wildman–Crippen LogP) is 4.37. The first kappa shape index (κ1) is 25.4. The van der Waals surface area contributed by atoms with Crippen LogP contribution in [0.25, 0.3) is 0 Å². The Labute approximate surface area is 189 Å². The molecule has 2 atom stereocenters. The number of hydrogen-bond acceptors (Lipinski definition) is 8. The van der Waals surface area contributed by atoms with E-state index in [1.165, 1.54) is 0 Å². The molecule has 0 amide bonds. The number of esters is 2. The predicted molar refractivity (Wildman–Crippen MR) is 119 cm³/mol. The molecule has 170 valence electrons. The summed E-state index contributed by atoms with van der Waals surface area (Å²) >= 11 is 0. The standard InChI is InChI=1S/C23H27N2O6P/c24-15-9-17-30-32(25)29-16-8-7-14-21(31-23(27)20-12-5-2-6-13-20)18-28-22(26)19-10-3-1-4-11-19/h1-6,10-13,21H,7-9,14,16-18,25H2. The molecule has 0 radical (unpaired) electrons. The summed E-state index contributed by atoms with van der Waals surface area (Å²) in [6, 6.07) is 19.2. The Hall–Kier alpha value is -2.82. The number of carbonyl (C=O) groups excluding carboxylic acids is 2. The smallest absolute Gasteiger partial charge is 0.338 e. The fourth-order valence-corrected chi connectivity index (χ4v) is 3.30. The number of nitrogens with two attached hydrogens (primary N) is 1. The van der Waals surface area contributed by atoms with Crippen molar-refractivity contribution in [3.8, 4) is 6.07 Å². The third-order valence-electron chi connectivity index (χ3n) is 4.26. The van der Waals surface area contributed by atoms with Gasteiger partial charge in [0.05, 0.1) is 36.8 Å². The molecule has 2 aromatic rings. The molecule has 0 saturated carbocycles. The molecule has 32 heavy (non-hydrogen) atoms. The maximum absolute atomic E-state index is 12.4. The Bertz CT molecular complexity index is 860. The molecular formula is C23H27N2O6P. The van der Waals surface area contributed by atoms with Gasteiger partial charge in [0, 0.05) is 0 Å². The molecule has 0 aliphatic rings. The zero-order valence-corrected chi connectivity index (χ0v) is 18.6.